The van der Waals surface area contributed by atoms with Crippen LogP contribution in [-0.4, -0.2) is 25.2 Å². The number of unbranched alkanes of at least 4 members (excludes halogenated alkanes) is 10. The van der Waals surface area contributed by atoms with Crippen LogP contribution in [0.5, 0.6) is 0 Å². The van der Waals surface area contributed by atoms with Crippen LogP contribution in [0.25, 0.3) is 0 Å². The Hall–Kier alpha value is -1.36. The van der Waals surface area contributed by atoms with Crippen LogP contribution in [0.4, 0.5) is 0 Å². The van der Waals surface area contributed by atoms with E-state index in [-0.39, 0.29) is 0 Å². The molecule has 0 N–H and O–H groups in total. The first-order chi connectivity index (χ1) is 14.1. The molecule has 0 saturated heterocycles. The first-order valence-electron chi connectivity index (χ1n) is 11.2. The normalized spacial score (nSPS) is 10.7. The summed E-state index contributed by atoms with van der Waals surface area (Å²) in [7, 11) is 0. The lowest BCUT2D eigenvalue weighted by atomic mass is 10.1. The van der Waals surface area contributed by atoms with Gasteiger partial charge in [0.1, 0.15) is 0 Å². The maximum Gasteiger partial charge on any atom is 0.338 e. The Balaban J connectivity index is 2.38. The fourth-order valence-electron chi connectivity index (χ4n) is 3.09. The van der Waals surface area contributed by atoms with Crippen LogP contribution in [0.2, 0.25) is 0 Å². The predicted octanol–water partition coefficient (Wildman–Crippen LogP) is 7.48. The van der Waals surface area contributed by atoms with Gasteiger partial charge in [-0.05, 0) is 31.0 Å². The van der Waals surface area contributed by atoms with E-state index < -0.39 is 11.9 Å². The Morgan fingerprint density at radius 2 is 1.03 bits per heavy atom. The van der Waals surface area contributed by atoms with Gasteiger partial charge in [0.15, 0.2) is 0 Å². The number of carbonyl (C=O) groups is 2. The van der Waals surface area contributed by atoms with Gasteiger partial charge in [-0.25, -0.2) is 9.59 Å². The molecule has 0 radical (unpaired) electrons. The first kappa shape index (κ1) is 25.7. The maximum atomic E-state index is 12.3. The molecule has 0 aromatic heterocycles. The van der Waals surface area contributed by atoms with E-state index in [4.69, 9.17) is 9.47 Å². The lowest BCUT2D eigenvalue weighted by Gasteiger charge is -2.09. The molecule has 0 saturated carbocycles. The number of ether oxygens (including phenoxy) is 2. The van der Waals surface area contributed by atoms with Crippen LogP contribution in [0, 0.1) is 0 Å². The van der Waals surface area contributed by atoms with Crippen molar-refractivity contribution in [2.45, 2.75) is 90.9 Å². The van der Waals surface area contributed by atoms with Gasteiger partial charge in [-0.3, -0.25) is 0 Å². The van der Waals surface area contributed by atoms with Crippen molar-refractivity contribution in [1.29, 1.82) is 0 Å². The third-order valence-corrected chi connectivity index (χ3v) is 5.29. The second kappa shape index (κ2) is 16.4. The number of carbonyl (C=O) groups excluding carboxylic acids is 2. The van der Waals surface area contributed by atoms with Gasteiger partial charge in [-0.2, -0.15) is 0 Å². The number of halogens is 1. The number of benzene rings is 1. The van der Waals surface area contributed by atoms with E-state index >= 15 is 0 Å². The summed E-state index contributed by atoms with van der Waals surface area (Å²) in [6.07, 6.45) is 13.7. The average molecular weight is 469 g/mol. The molecule has 0 heterocycles. The van der Waals surface area contributed by atoms with Gasteiger partial charge in [-0.15, -0.1) is 0 Å². The Kier molecular flexibility index (Phi) is 14.6. The van der Waals surface area contributed by atoms with Crippen LogP contribution >= 0.6 is 15.9 Å². The summed E-state index contributed by atoms with van der Waals surface area (Å²) >= 11 is 3.37. The van der Waals surface area contributed by atoms with E-state index in [2.05, 4.69) is 29.8 Å². The highest BCUT2D eigenvalue weighted by atomic mass is 79.9. The lowest BCUT2D eigenvalue weighted by Crippen LogP contribution is -2.10. The van der Waals surface area contributed by atoms with Crippen molar-refractivity contribution in [2.24, 2.45) is 0 Å². The van der Waals surface area contributed by atoms with Crippen LogP contribution < -0.4 is 0 Å². The van der Waals surface area contributed by atoms with Crippen LogP contribution in [0.3, 0.4) is 0 Å². The second-order valence-electron chi connectivity index (χ2n) is 7.54. The van der Waals surface area contributed by atoms with Crippen molar-refractivity contribution in [1.82, 2.24) is 0 Å². The summed E-state index contributed by atoms with van der Waals surface area (Å²) in [6.45, 7) is 5.21. The quantitative estimate of drug-likeness (QED) is 0.186. The molecule has 164 valence electrons. The standard InChI is InChI=1S/C24H37BrO4/c1-3-5-7-9-11-13-15-28-23(26)20-17-21(19-22(25)18-20)24(27)29-16-14-12-10-8-6-4-2/h17-19H,3-16H2,1-2H3. The van der Waals surface area contributed by atoms with E-state index in [1.54, 1.807) is 18.2 Å². The summed E-state index contributed by atoms with van der Waals surface area (Å²) in [6, 6.07) is 4.90. The van der Waals surface area contributed by atoms with Crippen molar-refractivity contribution in [2.75, 3.05) is 13.2 Å². The SMILES string of the molecule is CCCCCCCCOC(=O)c1cc(Br)cc(C(=O)OCCCCCCCC)c1. The zero-order valence-corrected chi connectivity index (χ0v) is 19.7. The van der Waals surface area contributed by atoms with E-state index in [0.717, 1.165) is 25.7 Å². The number of esters is 2. The molecule has 1 aromatic carbocycles. The van der Waals surface area contributed by atoms with Crippen molar-refractivity contribution in [3.8, 4) is 0 Å². The van der Waals surface area contributed by atoms with E-state index in [1.807, 2.05) is 0 Å². The van der Waals surface area contributed by atoms with E-state index in [0.29, 0.717) is 28.8 Å². The molecule has 0 bridgehead atoms. The minimum atomic E-state index is -0.398. The molecule has 0 aliphatic carbocycles. The zero-order chi connectivity index (χ0) is 21.3. The van der Waals surface area contributed by atoms with Gasteiger partial charge in [0, 0.05) is 4.47 Å². The monoisotopic (exact) mass is 468 g/mol. The van der Waals surface area contributed by atoms with Crippen LogP contribution in [0.1, 0.15) is 112 Å². The first-order valence-corrected chi connectivity index (χ1v) is 12.0. The summed E-state index contributed by atoms with van der Waals surface area (Å²) < 4.78 is 11.4. The van der Waals surface area contributed by atoms with Gasteiger partial charge in [0.2, 0.25) is 0 Å². The Labute approximate surface area is 184 Å². The van der Waals surface area contributed by atoms with Crippen LogP contribution in [0.15, 0.2) is 22.7 Å². The van der Waals surface area contributed by atoms with Crippen molar-refractivity contribution < 1.29 is 19.1 Å². The molecular weight excluding hydrogens is 432 g/mol. The molecule has 0 aliphatic heterocycles. The highest BCUT2D eigenvalue weighted by Crippen LogP contribution is 2.18. The van der Waals surface area contributed by atoms with Crippen molar-refractivity contribution in [3.05, 3.63) is 33.8 Å². The zero-order valence-electron chi connectivity index (χ0n) is 18.1. The van der Waals surface area contributed by atoms with E-state index in [1.165, 1.54) is 51.4 Å². The molecule has 0 amide bonds. The van der Waals surface area contributed by atoms with Crippen molar-refractivity contribution in [3.63, 3.8) is 0 Å². The predicted molar refractivity (Wildman–Crippen MR) is 121 cm³/mol. The van der Waals surface area contributed by atoms with Gasteiger partial charge < -0.3 is 9.47 Å². The maximum absolute atomic E-state index is 12.3. The smallest absolute Gasteiger partial charge is 0.338 e. The molecule has 29 heavy (non-hydrogen) atoms. The Bertz CT molecular complexity index is 552. The number of rotatable bonds is 16. The van der Waals surface area contributed by atoms with Gasteiger partial charge in [0.05, 0.1) is 24.3 Å². The fraction of sp³-hybridized carbons (Fsp3) is 0.667. The molecule has 0 unspecified atom stereocenters. The highest BCUT2D eigenvalue weighted by molar-refractivity contribution is 9.10. The van der Waals surface area contributed by atoms with Gasteiger partial charge >= 0.3 is 11.9 Å². The summed E-state index contributed by atoms with van der Waals surface area (Å²) in [4.78, 5) is 24.6. The topological polar surface area (TPSA) is 52.6 Å². The molecular formula is C24H37BrO4. The average Bonchev–Trinajstić information content (AvgIpc) is 2.71. The Morgan fingerprint density at radius 3 is 1.45 bits per heavy atom. The molecule has 0 atom stereocenters. The fourth-order valence-corrected chi connectivity index (χ4v) is 3.58. The third kappa shape index (κ3) is 12.0. The second-order valence-corrected chi connectivity index (χ2v) is 8.45. The summed E-state index contributed by atoms with van der Waals surface area (Å²) in [5.41, 5.74) is 0.744. The number of hydrogen-bond acceptors (Lipinski definition) is 4. The largest absolute Gasteiger partial charge is 0.462 e. The lowest BCUT2D eigenvalue weighted by molar-refractivity contribution is 0.0496. The highest BCUT2D eigenvalue weighted by Gasteiger charge is 2.14. The Morgan fingerprint density at radius 1 is 0.655 bits per heavy atom. The molecule has 1 aromatic rings. The van der Waals surface area contributed by atoms with Gasteiger partial charge in [0.25, 0.3) is 0 Å². The summed E-state index contributed by atoms with van der Waals surface area (Å²) in [5.74, 6) is -0.797. The van der Waals surface area contributed by atoms with Gasteiger partial charge in [-0.1, -0.05) is 94.0 Å². The third-order valence-electron chi connectivity index (χ3n) is 4.83. The minimum Gasteiger partial charge on any atom is -0.462 e. The van der Waals surface area contributed by atoms with Crippen molar-refractivity contribution >= 4 is 27.9 Å². The van der Waals surface area contributed by atoms with Crippen LogP contribution in [-0.2, 0) is 9.47 Å². The summed E-state index contributed by atoms with van der Waals surface area (Å²) in [5, 5.41) is 0. The molecule has 5 heteroatoms. The molecule has 0 spiro atoms. The van der Waals surface area contributed by atoms with E-state index in [9.17, 15) is 9.59 Å². The molecule has 1 rings (SSSR count). The molecule has 0 fully saturated rings. The molecule has 4 nitrogen and oxygen atoms in total. The minimum absolute atomic E-state index is 0.372. The number of hydrogen-bond donors (Lipinski definition) is 0. The molecule has 0 aliphatic rings.